The van der Waals surface area contributed by atoms with Crippen LogP contribution in [0.25, 0.3) is 0 Å². The minimum absolute atomic E-state index is 0.197. The van der Waals surface area contributed by atoms with E-state index in [1.807, 2.05) is 43.0 Å². The molecule has 14 heteroatoms. The molecular weight excluding hydrogens is 637 g/mol. The topological polar surface area (TPSA) is 114 Å². The van der Waals surface area contributed by atoms with Gasteiger partial charge in [-0.15, -0.1) is 0 Å². The van der Waals surface area contributed by atoms with Gasteiger partial charge in [0, 0.05) is 91.1 Å². The van der Waals surface area contributed by atoms with E-state index in [-0.39, 0.29) is 23.9 Å². The highest BCUT2D eigenvalue weighted by molar-refractivity contribution is 7.89. The lowest BCUT2D eigenvalue weighted by Gasteiger charge is -2.38. The Labute approximate surface area is 283 Å². The van der Waals surface area contributed by atoms with Gasteiger partial charge in [0.1, 0.15) is 0 Å². The highest BCUT2D eigenvalue weighted by Gasteiger charge is 2.35. The number of rotatable bonds is 8. The second-order valence-corrected chi connectivity index (χ2v) is 17.5. The molecule has 3 heterocycles. The lowest BCUT2D eigenvalue weighted by molar-refractivity contribution is 0.179. The normalized spacial score (nSPS) is 23.2. The summed E-state index contributed by atoms with van der Waals surface area (Å²) in [4.78, 5) is 15.4. The maximum absolute atomic E-state index is 14.2. The molecule has 2 aliphatic heterocycles. The van der Waals surface area contributed by atoms with E-state index >= 15 is 0 Å². The van der Waals surface area contributed by atoms with Gasteiger partial charge in [-0.2, -0.15) is 21.3 Å². The zero-order valence-electron chi connectivity index (χ0n) is 28.5. The van der Waals surface area contributed by atoms with Crippen LogP contribution in [0.5, 0.6) is 0 Å². The number of benzene rings is 1. The fraction of sp³-hybridized carbons (Fsp3) is 0.697. The standard InChI is InChI=1S/C33H54N8O4S2/c1-29-26-40(46(42,43)32-14-12-31(13-15-32)36(2)3)20-8-18-37(28-30-10-5-4-6-11-30)19-9-21-41(27-29)47(44,45)39-24-22-38(23-25-39)33-34-16-7-17-35-33/h7,12-17,29-30H,4-6,8-11,18-28H2,1-3H3/t29-/m0/s1. The number of hydrogen-bond donors (Lipinski definition) is 0. The number of sulfonamides is 1. The van der Waals surface area contributed by atoms with E-state index in [1.54, 1.807) is 43.5 Å². The van der Waals surface area contributed by atoms with Crippen LogP contribution in [0.1, 0.15) is 51.9 Å². The summed E-state index contributed by atoms with van der Waals surface area (Å²) in [5, 5.41) is 0. The van der Waals surface area contributed by atoms with Crippen LogP contribution in [0.15, 0.2) is 47.6 Å². The van der Waals surface area contributed by atoms with E-state index in [0.29, 0.717) is 51.1 Å². The lowest BCUT2D eigenvalue weighted by Crippen LogP contribution is -2.54. The summed E-state index contributed by atoms with van der Waals surface area (Å²) in [5.74, 6) is 1.06. The zero-order valence-corrected chi connectivity index (χ0v) is 30.1. The summed E-state index contributed by atoms with van der Waals surface area (Å²) in [6.07, 6.45) is 11.2. The van der Waals surface area contributed by atoms with E-state index in [0.717, 1.165) is 38.2 Å². The fourth-order valence-electron chi connectivity index (χ4n) is 7.14. The molecule has 1 saturated carbocycles. The van der Waals surface area contributed by atoms with Crippen molar-refractivity contribution >= 4 is 31.9 Å². The maximum atomic E-state index is 14.2. The Hall–Kier alpha value is -2.36. The first-order chi connectivity index (χ1) is 22.5. The molecular formula is C33H54N8O4S2. The first kappa shape index (κ1) is 35.9. The third-order valence-corrected chi connectivity index (χ3v) is 13.6. The molecule has 0 amide bonds. The van der Waals surface area contributed by atoms with E-state index in [1.165, 1.54) is 32.1 Å². The van der Waals surface area contributed by atoms with Crippen molar-refractivity contribution in [2.45, 2.75) is 56.8 Å². The van der Waals surface area contributed by atoms with Crippen molar-refractivity contribution in [1.29, 1.82) is 0 Å². The quantitative estimate of drug-likeness (QED) is 0.412. The van der Waals surface area contributed by atoms with Gasteiger partial charge >= 0.3 is 0 Å². The van der Waals surface area contributed by atoms with Crippen LogP contribution >= 0.6 is 0 Å². The van der Waals surface area contributed by atoms with Gasteiger partial charge in [0.25, 0.3) is 10.2 Å². The SMILES string of the molecule is C[C@H]1CN(S(=O)(=O)c2ccc(N(C)C)cc2)CCCN(CC2CCCCC2)CCCN(S(=O)(=O)N2CCN(c3ncccn3)CC2)C1. The molecule has 0 N–H and O–H groups in total. The molecule has 2 aromatic rings. The number of piperazine rings is 1. The molecule has 1 aliphatic carbocycles. The Kier molecular flexibility index (Phi) is 12.5. The van der Waals surface area contributed by atoms with E-state index in [4.69, 9.17) is 0 Å². The summed E-state index contributed by atoms with van der Waals surface area (Å²) in [5.41, 5.74) is 0.933. The smallest absolute Gasteiger partial charge is 0.282 e. The Morgan fingerprint density at radius 2 is 1.32 bits per heavy atom. The average molecular weight is 691 g/mol. The van der Waals surface area contributed by atoms with Crippen molar-refractivity contribution in [3.05, 3.63) is 42.7 Å². The third kappa shape index (κ3) is 9.42. The number of hydrogen-bond acceptors (Lipinski definition) is 9. The minimum Gasteiger partial charge on any atom is -0.378 e. The van der Waals surface area contributed by atoms with Gasteiger partial charge in [0.05, 0.1) is 4.90 Å². The molecule has 1 aromatic carbocycles. The summed E-state index contributed by atoms with van der Waals surface area (Å²) < 4.78 is 61.2. The molecule has 3 fully saturated rings. The van der Waals surface area contributed by atoms with Crippen molar-refractivity contribution in [2.24, 2.45) is 11.8 Å². The van der Waals surface area contributed by atoms with Crippen molar-refractivity contribution in [3.8, 4) is 0 Å². The van der Waals surface area contributed by atoms with E-state index < -0.39 is 20.2 Å². The van der Waals surface area contributed by atoms with E-state index in [9.17, 15) is 16.8 Å². The van der Waals surface area contributed by atoms with Gasteiger partial charge in [-0.1, -0.05) is 26.2 Å². The Morgan fingerprint density at radius 3 is 1.94 bits per heavy atom. The molecule has 2 saturated heterocycles. The number of aromatic nitrogens is 2. The Bertz CT molecular complexity index is 1460. The second-order valence-electron chi connectivity index (χ2n) is 13.7. The predicted molar refractivity (Wildman–Crippen MR) is 187 cm³/mol. The van der Waals surface area contributed by atoms with Gasteiger partial charge in [-0.25, -0.2) is 18.4 Å². The van der Waals surface area contributed by atoms with Crippen molar-refractivity contribution in [1.82, 2.24) is 27.8 Å². The summed E-state index contributed by atoms with van der Waals surface area (Å²) in [6, 6.07) is 8.79. The van der Waals surface area contributed by atoms with Gasteiger partial charge in [-0.05, 0) is 80.9 Å². The monoisotopic (exact) mass is 690 g/mol. The summed E-state index contributed by atoms with van der Waals surface area (Å²) >= 11 is 0. The van der Waals surface area contributed by atoms with Crippen LogP contribution in [-0.2, 0) is 20.2 Å². The highest BCUT2D eigenvalue weighted by atomic mass is 32.2. The van der Waals surface area contributed by atoms with Crippen LogP contribution in [0.2, 0.25) is 0 Å². The summed E-state index contributed by atoms with van der Waals surface area (Å²) in [7, 11) is -3.69. The number of nitrogens with zero attached hydrogens (tertiary/aromatic N) is 8. The van der Waals surface area contributed by atoms with Crippen molar-refractivity contribution in [2.75, 3.05) is 95.9 Å². The minimum atomic E-state index is -3.78. The van der Waals surface area contributed by atoms with Crippen molar-refractivity contribution < 1.29 is 16.8 Å². The van der Waals surface area contributed by atoms with Gasteiger partial charge in [-0.3, -0.25) is 0 Å². The predicted octanol–water partition coefficient (Wildman–Crippen LogP) is 3.21. The first-order valence-electron chi connectivity index (χ1n) is 17.3. The number of anilines is 2. The molecule has 1 aromatic heterocycles. The maximum Gasteiger partial charge on any atom is 0.282 e. The van der Waals surface area contributed by atoms with Crippen LogP contribution in [0.3, 0.4) is 0 Å². The second kappa shape index (κ2) is 16.4. The van der Waals surface area contributed by atoms with E-state index in [2.05, 4.69) is 14.9 Å². The Balaban J connectivity index is 1.34. The first-order valence-corrected chi connectivity index (χ1v) is 20.1. The molecule has 0 radical (unpaired) electrons. The fourth-order valence-corrected chi connectivity index (χ4v) is 10.5. The molecule has 0 unspecified atom stereocenters. The van der Waals surface area contributed by atoms with Gasteiger partial charge in [0.15, 0.2) is 0 Å². The zero-order chi connectivity index (χ0) is 33.4. The summed E-state index contributed by atoms with van der Waals surface area (Å²) in [6.45, 7) is 7.61. The van der Waals surface area contributed by atoms with Gasteiger partial charge < -0.3 is 14.7 Å². The Morgan fingerprint density at radius 1 is 0.723 bits per heavy atom. The molecule has 12 nitrogen and oxygen atoms in total. The van der Waals surface area contributed by atoms with Crippen LogP contribution in [0, 0.1) is 11.8 Å². The van der Waals surface area contributed by atoms with Crippen LogP contribution in [0.4, 0.5) is 11.6 Å². The van der Waals surface area contributed by atoms with Crippen LogP contribution in [-0.4, -0.2) is 131 Å². The third-order valence-electron chi connectivity index (χ3n) is 9.75. The van der Waals surface area contributed by atoms with Crippen LogP contribution < -0.4 is 9.80 Å². The molecule has 0 bridgehead atoms. The molecule has 1 atom stereocenters. The van der Waals surface area contributed by atoms with Gasteiger partial charge in [0.2, 0.25) is 16.0 Å². The highest BCUT2D eigenvalue weighted by Crippen LogP contribution is 2.26. The lowest BCUT2D eigenvalue weighted by atomic mass is 9.89. The molecule has 47 heavy (non-hydrogen) atoms. The average Bonchev–Trinajstić information content (AvgIpc) is 3.07. The molecule has 0 spiro atoms. The molecule has 262 valence electrons. The molecule has 3 aliphatic rings. The largest absolute Gasteiger partial charge is 0.378 e. The van der Waals surface area contributed by atoms with Crippen molar-refractivity contribution in [3.63, 3.8) is 0 Å². The molecule has 5 rings (SSSR count).